The molecule has 9 heteroatoms. The minimum atomic E-state index is -0.411. The van der Waals surface area contributed by atoms with E-state index < -0.39 is 6.01 Å². The van der Waals surface area contributed by atoms with Gasteiger partial charge in [0.15, 0.2) is 17.0 Å². The highest BCUT2D eigenvalue weighted by atomic mass is 16.5. The smallest absolute Gasteiger partial charge is 0.318 e. The van der Waals surface area contributed by atoms with Crippen LogP contribution in [-0.4, -0.2) is 41.4 Å². The first kappa shape index (κ1) is 15.5. The van der Waals surface area contributed by atoms with Gasteiger partial charge in [0.2, 0.25) is 0 Å². The second-order valence-electron chi connectivity index (χ2n) is 5.84. The van der Waals surface area contributed by atoms with Crippen LogP contribution >= 0.6 is 0 Å². The number of nitrogens with zero attached hydrogens (tertiary/aromatic N) is 4. The van der Waals surface area contributed by atoms with Crippen LogP contribution in [0.2, 0.25) is 0 Å². The van der Waals surface area contributed by atoms with Crippen molar-refractivity contribution in [1.29, 1.82) is 0 Å². The van der Waals surface area contributed by atoms with Crippen molar-refractivity contribution < 1.29 is 20.1 Å². The van der Waals surface area contributed by atoms with Crippen molar-refractivity contribution in [3.8, 4) is 17.5 Å². The lowest BCUT2D eigenvalue weighted by Crippen LogP contribution is -2.17. The van der Waals surface area contributed by atoms with E-state index in [1.165, 1.54) is 18.2 Å². The molecule has 1 unspecified atom stereocenters. The Kier molecular flexibility index (Phi) is 3.77. The van der Waals surface area contributed by atoms with Crippen LogP contribution in [0.3, 0.4) is 0 Å². The summed E-state index contributed by atoms with van der Waals surface area (Å²) in [6.07, 6.45) is 4.35. The summed E-state index contributed by atoms with van der Waals surface area (Å²) >= 11 is 0. The van der Waals surface area contributed by atoms with Gasteiger partial charge < -0.3 is 25.4 Å². The maximum atomic E-state index is 9.93. The second-order valence-corrected chi connectivity index (χ2v) is 5.84. The van der Waals surface area contributed by atoms with Crippen molar-refractivity contribution in [2.24, 2.45) is 0 Å². The molecule has 0 aliphatic carbocycles. The molecule has 1 atom stereocenters. The van der Waals surface area contributed by atoms with Gasteiger partial charge in [-0.15, -0.1) is 0 Å². The maximum Gasteiger partial charge on any atom is 0.318 e. The first-order chi connectivity index (χ1) is 12.1. The van der Waals surface area contributed by atoms with Crippen LogP contribution in [0.1, 0.15) is 25.5 Å². The largest absolute Gasteiger partial charge is 0.508 e. The number of phenolic OH excluding ortho intramolecular Hbond substituents is 2. The summed E-state index contributed by atoms with van der Waals surface area (Å²) in [7, 11) is 0. The zero-order valence-electron chi connectivity index (χ0n) is 13.3. The number of rotatable bonds is 3. The number of hydrogen-bond acceptors (Lipinski definition) is 8. The predicted molar refractivity (Wildman–Crippen MR) is 88.9 cm³/mol. The molecule has 3 heterocycles. The lowest BCUT2D eigenvalue weighted by atomic mass is 10.2. The Balaban J connectivity index is 1.75. The number of aromatic nitrogens is 4. The van der Waals surface area contributed by atoms with E-state index in [4.69, 9.17) is 4.74 Å². The standard InChI is InChI=1S/C16H17N5O4/c22-9-4-5-10(11(23)7-9)18-14-13-15(20-16(24)19-14)21(8-17-13)12-3-1-2-6-25-12/h4-5,7-8,12,22-23H,1-3,6H2,(H2,18,19,20,24). The molecule has 130 valence electrons. The van der Waals surface area contributed by atoms with Gasteiger partial charge in [0.25, 0.3) is 0 Å². The van der Waals surface area contributed by atoms with Crippen LogP contribution < -0.4 is 5.32 Å². The van der Waals surface area contributed by atoms with Crippen LogP contribution in [0.15, 0.2) is 24.5 Å². The molecule has 1 aliphatic heterocycles. The minimum absolute atomic E-state index is 0.0579. The third kappa shape index (κ3) is 2.89. The average molecular weight is 343 g/mol. The first-order valence-corrected chi connectivity index (χ1v) is 7.96. The van der Waals surface area contributed by atoms with Crippen LogP contribution in [0.5, 0.6) is 17.5 Å². The average Bonchev–Trinajstić information content (AvgIpc) is 3.02. The third-order valence-corrected chi connectivity index (χ3v) is 4.11. The Labute approximate surface area is 142 Å². The number of fused-ring (bicyclic) bond motifs is 1. The Morgan fingerprint density at radius 2 is 2.04 bits per heavy atom. The van der Waals surface area contributed by atoms with Gasteiger partial charge in [0.1, 0.15) is 17.7 Å². The number of hydrogen-bond donors (Lipinski definition) is 4. The molecular formula is C16H17N5O4. The van der Waals surface area contributed by atoms with Crippen molar-refractivity contribution in [2.45, 2.75) is 25.5 Å². The van der Waals surface area contributed by atoms with Gasteiger partial charge in [0.05, 0.1) is 12.0 Å². The summed E-state index contributed by atoms with van der Waals surface area (Å²) < 4.78 is 7.53. The van der Waals surface area contributed by atoms with Gasteiger partial charge >= 0.3 is 6.01 Å². The van der Waals surface area contributed by atoms with Gasteiger partial charge in [-0.3, -0.25) is 4.57 Å². The second kappa shape index (κ2) is 6.10. The van der Waals surface area contributed by atoms with Crippen LogP contribution in [0.25, 0.3) is 11.2 Å². The van der Waals surface area contributed by atoms with Gasteiger partial charge in [0, 0.05) is 12.7 Å². The van der Waals surface area contributed by atoms with E-state index in [0.717, 1.165) is 19.3 Å². The minimum Gasteiger partial charge on any atom is -0.508 e. The maximum absolute atomic E-state index is 9.93. The zero-order valence-corrected chi connectivity index (χ0v) is 13.3. The fourth-order valence-corrected chi connectivity index (χ4v) is 2.90. The van der Waals surface area contributed by atoms with Gasteiger partial charge in [-0.05, 0) is 31.4 Å². The molecule has 1 aliphatic rings. The molecule has 3 aromatic rings. The summed E-state index contributed by atoms with van der Waals surface area (Å²) in [5.41, 5.74) is 1.21. The summed E-state index contributed by atoms with van der Waals surface area (Å²) in [4.78, 5) is 12.4. The summed E-state index contributed by atoms with van der Waals surface area (Å²) in [6, 6.07) is 3.71. The van der Waals surface area contributed by atoms with Crippen molar-refractivity contribution in [1.82, 2.24) is 19.5 Å². The van der Waals surface area contributed by atoms with Gasteiger partial charge in [-0.25, -0.2) is 4.98 Å². The number of imidazole rings is 1. The monoisotopic (exact) mass is 343 g/mol. The Hall–Kier alpha value is -3.07. The molecule has 0 spiro atoms. The van der Waals surface area contributed by atoms with Crippen molar-refractivity contribution >= 4 is 22.7 Å². The number of ether oxygens (including phenoxy) is 1. The number of anilines is 2. The quantitative estimate of drug-likeness (QED) is 0.422. The number of nitrogens with one attached hydrogen (secondary N) is 1. The molecule has 2 aromatic heterocycles. The van der Waals surface area contributed by atoms with E-state index in [2.05, 4.69) is 20.3 Å². The molecule has 4 N–H and O–H groups in total. The molecule has 0 bridgehead atoms. The summed E-state index contributed by atoms with van der Waals surface area (Å²) in [5.74, 6) is 0.0387. The number of aromatic hydroxyl groups is 3. The summed E-state index contributed by atoms with van der Waals surface area (Å²) in [5, 5.41) is 32.1. The Morgan fingerprint density at radius 3 is 2.80 bits per heavy atom. The van der Waals surface area contributed by atoms with E-state index in [1.807, 2.05) is 0 Å². The van der Waals surface area contributed by atoms with E-state index >= 15 is 0 Å². The highest BCUT2D eigenvalue weighted by molar-refractivity contribution is 5.86. The lowest BCUT2D eigenvalue weighted by Gasteiger charge is -2.23. The molecule has 0 amide bonds. The lowest BCUT2D eigenvalue weighted by molar-refractivity contribution is -0.0298. The molecule has 1 saturated heterocycles. The summed E-state index contributed by atoms with van der Waals surface area (Å²) in [6.45, 7) is 0.674. The van der Waals surface area contributed by atoms with Crippen LogP contribution in [0, 0.1) is 0 Å². The fraction of sp³-hybridized carbons (Fsp3) is 0.312. The van der Waals surface area contributed by atoms with Crippen LogP contribution in [0.4, 0.5) is 11.5 Å². The fourth-order valence-electron chi connectivity index (χ4n) is 2.90. The van der Waals surface area contributed by atoms with Gasteiger partial charge in [-0.1, -0.05) is 0 Å². The number of benzene rings is 1. The van der Waals surface area contributed by atoms with Crippen molar-refractivity contribution in [2.75, 3.05) is 11.9 Å². The normalized spacial score (nSPS) is 17.7. The molecule has 0 radical (unpaired) electrons. The van der Waals surface area contributed by atoms with Crippen LogP contribution in [-0.2, 0) is 4.74 Å². The third-order valence-electron chi connectivity index (χ3n) is 4.11. The number of phenols is 2. The van der Waals surface area contributed by atoms with Crippen molar-refractivity contribution in [3.63, 3.8) is 0 Å². The van der Waals surface area contributed by atoms with E-state index in [1.54, 1.807) is 10.9 Å². The SMILES string of the molecule is Oc1ccc(Nc2nc(O)nc3c2ncn3C2CCCCO2)c(O)c1. The predicted octanol–water partition coefficient (Wildman–Crippen LogP) is 2.39. The molecule has 1 fully saturated rings. The molecular weight excluding hydrogens is 326 g/mol. The Morgan fingerprint density at radius 1 is 1.16 bits per heavy atom. The zero-order chi connectivity index (χ0) is 17.4. The topological polar surface area (TPSA) is 126 Å². The molecule has 4 rings (SSSR count). The highest BCUT2D eigenvalue weighted by Gasteiger charge is 2.21. The highest BCUT2D eigenvalue weighted by Crippen LogP contribution is 2.33. The molecule has 25 heavy (non-hydrogen) atoms. The van der Waals surface area contributed by atoms with E-state index in [-0.39, 0.29) is 23.5 Å². The van der Waals surface area contributed by atoms with Gasteiger partial charge in [-0.2, -0.15) is 9.97 Å². The van der Waals surface area contributed by atoms with E-state index in [0.29, 0.717) is 23.5 Å². The Bertz CT molecular complexity index is 920. The molecule has 0 saturated carbocycles. The first-order valence-electron chi connectivity index (χ1n) is 7.96. The van der Waals surface area contributed by atoms with Crippen molar-refractivity contribution in [3.05, 3.63) is 24.5 Å². The molecule has 9 nitrogen and oxygen atoms in total. The molecule has 1 aromatic carbocycles. The van der Waals surface area contributed by atoms with E-state index in [9.17, 15) is 15.3 Å².